The molecule has 0 radical (unpaired) electrons. The fraction of sp³-hybridized carbons (Fsp3) is 0.357. The molecule has 1 unspecified atom stereocenters. The van der Waals surface area contributed by atoms with E-state index in [0.29, 0.717) is 11.8 Å². The van der Waals surface area contributed by atoms with Crippen molar-refractivity contribution in [2.75, 3.05) is 6.61 Å². The van der Waals surface area contributed by atoms with E-state index in [-0.39, 0.29) is 17.9 Å². The average Bonchev–Trinajstić information content (AvgIpc) is 2.49. The van der Waals surface area contributed by atoms with Gasteiger partial charge in [-0.05, 0) is 24.6 Å². The lowest BCUT2D eigenvalue weighted by Gasteiger charge is -2.11. The lowest BCUT2D eigenvalue weighted by atomic mass is 10.2. The van der Waals surface area contributed by atoms with Crippen LogP contribution in [0.2, 0.25) is 0 Å². The van der Waals surface area contributed by atoms with Crippen LogP contribution in [0, 0.1) is 0 Å². The lowest BCUT2D eigenvalue weighted by Crippen LogP contribution is -2.01. The summed E-state index contributed by atoms with van der Waals surface area (Å²) in [6.07, 6.45) is 2.52. The molecular formula is C14H17O7P. The average molecular weight is 328 g/mol. The first kappa shape index (κ1) is 16.7. The molecular weight excluding hydrogens is 311 g/mol. The number of fused-ring (bicyclic) bond motifs is 1. The number of phosphoric ester groups is 1. The smallest absolute Gasteiger partial charge is 0.423 e. The van der Waals surface area contributed by atoms with Gasteiger partial charge in [-0.25, -0.2) is 9.36 Å². The van der Waals surface area contributed by atoms with Gasteiger partial charge in [0.2, 0.25) is 0 Å². The summed E-state index contributed by atoms with van der Waals surface area (Å²) in [7, 11) is -4.28. The van der Waals surface area contributed by atoms with Crippen LogP contribution in [-0.4, -0.2) is 11.5 Å². The summed E-state index contributed by atoms with van der Waals surface area (Å²) >= 11 is 0. The third-order valence-electron chi connectivity index (χ3n) is 2.82. The summed E-state index contributed by atoms with van der Waals surface area (Å²) < 4.78 is 25.7. The molecule has 0 aliphatic carbocycles. The summed E-state index contributed by atoms with van der Waals surface area (Å²) in [4.78, 5) is 25.4. The molecule has 1 aromatic heterocycles. The van der Waals surface area contributed by atoms with E-state index in [4.69, 9.17) is 13.8 Å². The highest BCUT2D eigenvalue weighted by molar-refractivity contribution is 7.47. The monoisotopic (exact) mass is 328 g/mol. The van der Waals surface area contributed by atoms with Gasteiger partial charge in [0, 0.05) is 17.5 Å². The second-order valence-corrected chi connectivity index (χ2v) is 5.97. The number of benzene rings is 1. The van der Waals surface area contributed by atoms with Crippen molar-refractivity contribution in [3.63, 3.8) is 0 Å². The van der Waals surface area contributed by atoms with Gasteiger partial charge in [0.25, 0.3) is 0 Å². The van der Waals surface area contributed by atoms with Crippen LogP contribution < -0.4 is 10.5 Å². The van der Waals surface area contributed by atoms with E-state index in [2.05, 4.69) is 4.67 Å². The molecule has 1 atom stereocenters. The number of unbranched alkanes of at least 4 members (excludes halogenated alkanes) is 2. The summed E-state index contributed by atoms with van der Waals surface area (Å²) in [6.45, 7) is 2.12. The van der Waals surface area contributed by atoms with Crippen LogP contribution in [0.1, 0.15) is 26.2 Å². The third kappa shape index (κ3) is 4.96. The Balaban J connectivity index is 1.95. The van der Waals surface area contributed by atoms with E-state index in [1.54, 1.807) is 12.1 Å². The summed E-state index contributed by atoms with van der Waals surface area (Å²) in [5, 5.41) is 0.690. The minimum Gasteiger partial charge on any atom is -0.423 e. The zero-order valence-electron chi connectivity index (χ0n) is 12.1. The molecule has 0 aliphatic heterocycles. The first-order valence-corrected chi connectivity index (χ1v) is 8.37. The second kappa shape index (κ2) is 7.56. The van der Waals surface area contributed by atoms with Crippen LogP contribution in [-0.2, 0) is 13.8 Å². The van der Waals surface area contributed by atoms with Gasteiger partial charge in [-0.15, -0.1) is 0 Å². The summed E-state index contributed by atoms with van der Waals surface area (Å²) in [6, 6.07) is 7.42. The number of hydrogen-bond acceptors (Lipinski definition) is 6. The van der Waals surface area contributed by atoms with Crippen molar-refractivity contribution in [1.82, 2.24) is 0 Å². The highest BCUT2D eigenvalue weighted by Crippen LogP contribution is 2.43. The predicted molar refractivity (Wildman–Crippen MR) is 79.5 cm³/mol. The van der Waals surface area contributed by atoms with Gasteiger partial charge in [-0.2, -0.15) is 0 Å². The maximum atomic E-state index is 11.6. The molecule has 0 fully saturated rings. The number of rotatable bonds is 8. The largest absolute Gasteiger partial charge is 0.508 e. The van der Waals surface area contributed by atoms with Crippen LogP contribution in [0.15, 0.2) is 39.5 Å². The Hall–Kier alpha value is -1.66. The van der Waals surface area contributed by atoms with Crippen molar-refractivity contribution in [2.45, 2.75) is 26.2 Å². The number of phosphoric acid groups is 1. The zero-order valence-corrected chi connectivity index (χ0v) is 13.0. The van der Waals surface area contributed by atoms with E-state index in [9.17, 15) is 14.3 Å². The lowest BCUT2D eigenvalue weighted by molar-refractivity contribution is -0.127. The van der Waals surface area contributed by atoms with Gasteiger partial charge in [-0.1, -0.05) is 24.4 Å². The van der Waals surface area contributed by atoms with E-state index >= 15 is 0 Å². The Kier molecular flexibility index (Phi) is 5.74. The molecule has 1 heterocycles. The Labute approximate surface area is 127 Å². The second-order valence-electron chi connectivity index (χ2n) is 4.62. The first-order valence-electron chi connectivity index (χ1n) is 6.88. The molecule has 7 nitrogen and oxygen atoms in total. The first-order chi connectivity index (χ1) is 10.5. The molecule has 1 N–H and O–H groups in total. The van der Waals surface area contributed by atoms with Gasteiger partial charge in [0.15, 0.2) is 5.75 Å². The van der Waals surface area contributed by atoms with Crippen molar-refractivity contribution in [3.05, 3.63) is 40.8 Å². The Morgan fingerprint density at radius 1 is 1.23 bits per heavy atom. The van der Waals surface area contributed by atoms with Crippen molar-refractivity contribution in [3.8, 4) is 5.75 Å². The van der Waals surface area contributed by atoms with Gasteiger partial charge in [0.1, 0.15) is 5.58 Å². The summed E-state index contributed by atoms with van der Waals surface area (Å²) in [5.74, 6) is 0.119. The predicted octanol–water partition coefficient (Wildman–Crippen LogP) is 3.41. The van der Waals surface area contributed by atoms with Gasteiger partial charge in [0.05, 0.1) is 6.61 Å². The molecule has 1 aromatic carbocycles. The van der Waals surface area contributed by atoms with Gasteiger partial charge < -0.3 is 14.2 Å². The van der Waals surface area contributed by atoms with Crippen LogP contribution in [0.3, 0.4) is 0 Å². The zero-order chi connectivity index (χ0) is 16.0. The maximum Gasteiger partial charge on any atom is 0.508 e. The van der Waals surface area contributed by atoms with E-state index in [1.165, 1.54) is 18.2 Å². The molecule has 0 bridgehead atoms. The molecule has 0 saturated carbocycles. The topological polar surface area (TPSA) is 95.2 Å². The molecule has 120 valence electrons. The van der Waals surface area contributed by atoms with Crippen LogP contribution in [0.4, 0.5) is 0 Å². The molecule has 8 heteroatoms. The molecule has 0 spiro atoms. The van der Waals surface area contributed by atoms with Gasteiger partial charge in [-0.3, -0.25) is 4.52 Å². The van der Waals surface area contributed by atoms with Crippen molar-refractivity contribution < 1.29 is 28.0 Å². The highest BCUT2D eigenvalue weighted by atomic mass is 31.2. The SMILES string of the molecule is CCCCCOP(=O)(O)OOc1ccc2ccc(=O)oc2c1. The summed E-state index contributed by atoms with van der Waals surface area (Å²) in [5.41, 5.74) is -0.220. The third-order valence-corrected chi connectivity index (χ3v) is 3.60. The molecule has 0 saturated heterocycles. The molecule has 2 rings (SSSR count). The molecule has 0 amide bonds. The van der Waals surface area contributed by atoms with E-state index < -0.39 is 13.4 Å². The van der Waals surface area contributed by atoms with Crippen molar-refractivity contribution >= 4 is 18.8 Å². The molecule has 0 aliphatic rings. The Bertz CT molecular complexity index is 724. The van der Waals surface area contributed by atoms with Gasteiger partial charge >= 0.3 is 13.4 Å². The molecule has 2 aromatic rings. The van der Waals surface area contributed by atoms with E-state index in [0.717, 1.165) is 12.8 Å². The van der Waals surface area contributed by atoms with Crippen molar-refractivity contribution in [2.24, 2.45) is 0 Å². The fourth-order valence-electron chi connectivity index (χ4n) is 1.74. The van der Waals surface area contributed by atoms with Crippen LogP contribution in [0.5, 0.6) is 5.75 Å². The van der Waals surface area contributed by atoms with E-state index in [1.807, 2.05) is 6.92 Å². The highest BCUT2D eigenvalue weighted by Gasteiger charge is 2.23. The number of hydrogen-bond donors (Lipinski definition) is 1. The minimum atomic E-state index is -4.28. The fourth-order valence-corrected chi connectivity index (χ4v) is 2.32. The maximum absolute atomic E-state index is 11.6. The quantitative estimate of drug-likeness (QED) is 0.261. The Morgan fingerprint density at radius 2 is 2.00 bits per heavy atom. The molecule has 22 heavy (non-hydrogen) atoms. The standard InChI is InChI=1S/C14H17O7P/c1-2-3-4-9-18-22(16,17)21-20-12-7-5-11-6-8-14(15)19-13(11)10-12/h5-8,10H,2-4,9H2,1H3,(H,16,17). The Morgan fingerprint density at radius 3 is 2.77 bits per heavy atom. The van der Waals surface area contributed by atoms with Crippen molar-refractivity contribution in [1.29, 1.82) is 0 Å². The van der Waals surface area contributed by atoms with Crippen LogP contribution in [0.25, 0.3) is 11.0 Å². The van der Waals surface area contributed by atoms with Crippen LogP contribution >= 0.6 is 7.82 Å². The normalized spacial score (nSPS) is 13.9. The minimum absolute atomic E-state index is 0.109.